The van der Waals surface area contributed by atoms with Gasteiger partial charge in [0.05, 0.1) is 0 Å². The van der Waals surface area contributed by atoms with Crippen LogP contribution < -0.4 is 0 Å². The topological polar surface area (TPSA) is 53.4 Å². The molecule has 1 aromatic rings. The maximum atomic E-state index is 12.5. The number of nitrogens with zero attached hydrogens (tertiary/aromatic N) is 2. The predicted octanol–water partition coefficient (Wildman–Crippen LogP) is 1.83. The SMILES string of the molecule is C[C@@H]1CCC[C@H](C)N1C(=O)c1ccc(C#CCO)cn1. The number of rotatable bonds is 1. The quantitative estimate of drug-likeness (QED) is 0.794. The third kappa shape index (κ3) is 3.17. The Hall–Kier alpha value is -1.86. The Morgan fingerprint density at radius 3 is 2.65 bits per heavy atom. The summed E-state index contributed by atoms with van der Waals surface area (Å²) in [6.45, 7) is 4.01. The van der Waals surface area contributed by atoms with Gasteiger partial charge in [0.25, 0.3) is 5.91 Å². The Bertz CT molecular complexity index is 518. The first-order valence-electron chi connectivity index (χ1n) is 7.02. The number of aromatic nitrogens is 1. The normalized spacial score (nSPS) is 22.1. The lowest BCUT2D eigenvalue weighted by molar-refractivity contribution is 0.0504. The van der Waals surface area contributed by atoms with Crippen molar-refractivity contribution in [1.29, 1.82) is 0 Å². The summed E-state index contributed by atoms with van der Waals surface area (Å²) in [5.41, 5.74) is 1.16. The lowest BCUT2D eigenvalue weighted by atomic mass is 9.97. The van der Waals surface area contributed by atoms with E-state index in [-0.39, 0.29) is 24.6 Å². The van der Waals surface area contributed by atoms with Crippen LogP contribution in [-0.2, 0) is 0 Å². The Labute approximate surface area is 119 Å². The Kier molecular flexibility index (Phi) is 4.75. The summed E-state index contributed by atoms with van der Waals surface area (Å²) in [6.07, 6.45) is 4.86. The number of piperidine rings is 1. The number of hydrogen-bond donors (Lipinski definition) is 1. The molecule has 106 valence electrons. The monoisotopic (exact) mass is 272 g/mol. The zero-order valence-corrected chi connectivity index (χ0v) is 12.0. The van der Waals surface area contributed by atoms with Gasteiger partial charge in [0.15, 0.2) is 0 Å². The molecule has 0 spiro atoms. The van der Waals surface area contributed by atoms with Gasteiger partial charge in [-0.1, -0.05) is 11.8 Å². The molecular weight excluding hydrogens is 252 g/mol. The second kappa shape index (κ2) is 6.53. The van der Waals surface area contributed by atoms with Crippen molar-refractivity contribution >= 4 is 5.91 Å². The molecule has 1 fully saturated rings. The number of pyridine rings is 1. The van der Waals surface area contributed by atoms with E-state index in [2.05, 4.69) is 30.7 Å². The van der Waals surface area contributed by atoms with Crippen LogP contribution in [-0.4, -0.2) is 39.6 Å². The van der Waals surface area contributed by atoms with Crippen molar-refractivity contribution in [1.82, 2.24) is 9.88 Å². The number of hydrogen-bond acceptors (Lipinski definition) is 3. The number of amides is 1. The van der Waals surface area contributed by atoms with Crippen LogP contribution in [0.4, 0.5) is 0 Å². The zero-order chi connectivity index (χ0) is 14.5. The van der Waals surface area contributed by atoms with Crippen molar-refractivity contribution in [3.8, 4) is 11.8 Å². The maximum Gasteiger partial charge on any atom is 0.272 e. The Balaban J connectivity index is 2.16. The van der Waals surface area contributed by atoms with Gasteiger partial charge in [-0.05, 0) is 45.2 Å². The molecule has 2 atom stereocenters. The van der Waals surface area contributed by atoms with E-state index in [1.165, 1.54) is 6.42 Å². The molecule has 1 aliphatic rings. The molecule has 2 rings (SSSR count). The number of carbonyl (C=O) groups excluding carboxylic acids is 1. The first-order chi connectivity index (χ1) is 9.63. The highest BCUT2D eigenvalue weighted by molar-refractivity contribution is 5.92. The highest BCUT2D eigenvalue weighted by Gasteiger charge is 2.30. The molecule has 0 saturated carbocycles. The molecule has 1 saturated heterocycles. The van der Waals surface area contributed by atoms with E-state index in [0.29, 0.717) is 11.3 Å². The van der Waals surface area contributed by atoms with E-state index in [9.17, 15) is 4.79 Å². The van der Waals surface area contributed by atoms with Gasteiger partial charge in [0, 0.05) is 23.8 Å². The van der Waals surface area contributed by atoms with E-state index in [0.717, 1.165) is 12.8 Å². The fraction of sp³-hybridized carbons (Fsp3) is 0.500. The number of carbonyl (C=O) groups is 1. The molecule has 4 heteroatoms. The first kappa shape index (κ1) is 14.5. The van der Waals surface area contributed by atoms with Crippen LogP contribution in [0.15, 0.2) is 18.3 Å². The van der Waals surface area contributed by atoms with Gasteiger partial charge in [-0.15, -0.1) is 0 Å². The van der Waals surface area contributed by atoms with Crippen molar-refractivity contribution in [2.45, 2.75) is 45.2 Å². The Morgan fingerprint density at radius 2 is 2.10 bits per heavy atom. The van der Waals surface area contributed by atoms with E-state index in [1.54, 1.807) is 18.3 Å². The summed E-state index contributed by atoms with van der Waals surface area (Å²) in [5.74, 6) is 5.32. The average Bonchev–Trinajstić information content (AvgIpc) is 2.45. The summed E-state index contributed by atoms with van der Waals surface area (Å²) >= 11 is 0. The first-order valence-corrected chi connectivity index (χ1v) is 7.02. The van der Waals surface area contributed by atoms with Crippen molar-refractivity contribution in [3.63, 3.8) is 0 Å². The summed E-state index contributed by atoms with van der Waals surface area (Å²) in [4.78, 5) is 18.7. The third-order valence-electron chi connectivity index (χ3n) is 3.72. The van der Waals surface area contributed by atoms with Crippen LogP contribution >= 0.6 is 0 Å². The number of likely N-dealkylation sites (tertiary alicyclic amines) is 1. The highest BCUT2D eigenvalue weighted by Crippen LogP contribution is 2.24. The van der Waals surface area contributed by atoms with E-state index < -0.39 is 0 Å². The molecule has 1 amide bonds. The maximum absolute atomic E-state index is 12.5. The van der Waals surface area contributed by atoms with Gasteiger partial charge in [-0.3, -0.25) is 4.79 Å². The van der Waals surface area contributed by atoms with Crippen LogP contribution in [0.25, 0.3) is 0 Å². The minimum absolute atomic E-state index is 0.00799. The molecule has 20 heavy (non-hydrogen) atoms. The van der Waals surface area contributed by atoms with Crippen LogP contribution in [0.1, 0.15) is 49.2 Å². The predicted molar refractivity (Wildman–Crippen MR) is 77.1 cm³/mol. The molecule has 0 aromatic carbocycles. The van der Waals surface area contributed by atoms with Gasteiger partial charge >= 0.3 is 0 Å². The summed E-state index contributed by atoms with van der Waals surface area (Å²) < 4.78 is 0. The number of aliphatic hydroxyl groups excluding tert-OH is 1. The fourth-order valence-electron chi connectivity index (χ4n) is 2.69. The molecule has 0 bridgehead atoms. The lowest BCUT2D eigenvalue weighted by Gasteiger charge is -2.38. The minimum atomic E-state index is -0.177. The molecule has 4 nitrogen and oxygen atoms in total. The second-order valence-electron chi connectivity index (χ2n) is 5.23. The third-order valence-corrected chi connectivity index (χ3v) is 3.72. The summed E-state index contributed by atoms with van der Waals surface area (Å²) in [7, 11) is 0. The fourth-order valence-corrected chi connectivity index (χ4v) is 2.69. The van der Waals surface area contributed by atoms with Gasteiger partial charge in [0.2, 0.25) is 0 Å². The summed E-state index contributed by atoms with van der Waals surface area (Å²) in [5, 5.41) is 8.64. The minimum Gasteiger partial charge on any atom is -0.384 e. The van der Waals surface area contributed by atoms with Crippen molar-refractivity contribution in [2.24, 2.45) is 0 Å². The molecule has 1 aliphatic heterocycles. The average molecular weight is 272 g/mol. The van der Waals surface area contributed by atoms with E-state index >= 15 is 0 Å². The van der Waals surface area contributed by atoms with Gasteiger partial charge in [-0.2, -0.15) is 0 Å². The standard InChI is InChI=1S/C16H20N2O2/c1-12-5-3-6-13(2)18(12)16(20)15-9-8-14(11-17-15)7-4-10-19/h8-9,11-13,19H,3,5-6,10H2,1-2H3/t12-,13+. The van der Waals surface area contributed by atoms with Crippen molar-refractivity contribution in [3.05, 3.63) is 29.6 Å². The van der Waals surface area contributed by atoms with Gasteiger partial charge in [-0.25, -0.2) is 4.98 Å². The van der Waals surface area contributed by atoms with Crippen molar-refractivity contribution in [2.75, 3.05) is 6.61 Å². The molecular formula is C16H20N2O2. The van der Waals surface area contributed by atoms with E-state index in [1.807, 2.05) is 4.90 Å². The summed E-state index contributed by atoms with van der Waals surface area (Å²) in [6, 6.07) is 4.00. The van der Waals surface area contributed by atoms with Crippen LogP contribution in [0.2, 0.25) is 0 Å². The van der Waals surface area contributed by atoms with Crippen LogP contribution in [0.5, 0.6) is 0 Å². The van der Waals surface area contributed by atoms with Crippen molar-refractivity contribution < 1.29 is 9.90 Å². The highest BCUT2D eigenvalue weighted by atomic mass is 16.2. The molecule has 0 aliphatic carbocycles. The van der Waals surface area contributed by atoms with Crippen LogP contribution in [0, 0.1) is 11.8 Å². The number of aliphatic hydroxyl groups is 1. The van der Waals surface area contributed by atoms with Crippen LogP contribution in [0.3, 0.4) is 0 Å². The zero-order valence-electron chi connectivity index (χ0n) is 12.0. The second-order valence-corrected chi connectivity index (χ2v) is 5.23. The van der Waals surface area contributed by atoms with Gasteiger partial charge in [0.1, 0.15) is 12.3 Å². The Morgan fingerprint density at radius 1 is 1.40 bits per heavy atom. The van der Waals surface area contributed by atoms with Gasteiger partial charge < -0.3 is 10.0 Å². The molecule has 1 aromatic heterocycles. The lowest BCUT2D eigenvalue weighted by Crippen LogP contribution is -2.47. The smallest absolute Gasteiger partial charge is 0.272 e. The largest absolute Gasteiger partial charge is 0.384 e. The molecule has 1 N–H and O–H groups in total. The van der Waals surface area contributed by atoms with E-state index in [4.69, 9.17) is 5.11 Å². The molecule has 0 radical (unpaired) electrons. The molecule has 2 heterocycles. The molecule has 0 unspecified atom stereocenters.